The van der Waals surface area contributed by atoms with Crippen molar-refractivity contribution in [2.75, 3.05) is 18.4 Å². The van der Waals surface area contributed by atoms with Crippen LogP contribution in [0, 0.1) is 11.3 Å². The van der Waals surface area contributed by atoms with Gasteiger partial charge in [-0.2, -0.15) is 4.98 Å². The number of hydrogen-bond acceptors (Lipinski definition) is 5. The molecule has 0 radical (unpaired) electrons. The lowest BCUT2D eigenvalue weighted by Crippen LogP contribution is -2.38. The summed E-state index contributed by atoms with van der Waals surface area (Å²) in [6, 6.07) is 7.04. The van der Waals surface area contributed by atoms with Gasteiger partial charge in [-0.25, -0.2) is 4.79 Å². The summed E-state index contributed by atoms with van der Waals surface area (Å²) in [5, 5.41) is 16.6. The predicted molar refractivity (Wildman–Crippen MR) is 99.7 cm³/mol. The Balaban J connectivity index is 1.30. The van der Waals surface area contributed by atoms with Crippen LogP contribution in [-0.4, -0.2) is 45.2 Å². The van der Waals surface area contributed by atoms with E-state index in [1.165, 1.54) is 0 Å². The first-order valence-corrected chi connectivity index (χ1v) is 9.78. The van der Waals surface area contributed by atoms with Crippen molar-refractivity contribution in [1.82, 2.24) is 15.0 Å². The van der Waals surface area contributed by atoms with Gasteiger partial charge >= 0.3 is 12.0 Å². The highest BCUT2D eigenvalue weighted by atomic mass is 16.5. The zero-order chi connectivity index (χ0) is 19.3. The van der Waals surface area contributed by atoms with E-state index in [1.807, 2.05) is 18.2 Å². The Kier molecular flexibility index (Phi) is 3.89. The fraction of sp³-hybridized carbons (Fsp3) is 0.500. The summed E-state index contributed by atoms with van der Waals surface area (Å²) in [6.45, 7) is 0.765. The minimum absolute atomic E-state index is 0.0438. The lowest BCUT2D eigenvalue weighted by molar-refractivity contribution is -0.149. The fourth-order valence-electron chi connectivity index (χ4n) is 4.58. The summed E-state index contributed by atoms with van der Waals surface area (Å²) in [5.74, 6) is 0.837. The van der Waals surface area contributed by atoms with E-state index < -0.39 is 11.4 Å². The van der Waals surface area contributed by atoms with Crippen molar-refractivity contribution in [2.24, 2.45) is 11.3 Å². The zero-order valence-corrected chi connectivity index (χ0v) is 15.4. The summed E-state index contributed by atoms with van der Waals surface area (Å²) < 4.78 is 5.31. The number of carboxylic acids is 1. The molecule has 3 aliphatic rings. The molecule has 2 saturated carbocycles. The van der Waals surface area contributed by atoms with Gasteiger partial charge in [-0.15, -0.1) is 0 Å². The van der Waals surface area contributed by atoms with E-state index in [9.17, 15) is 14.7 Å². The summed E-state index contributed by atoms with van der Waals surface area (Å²) >= 11 is 0. The highest BCUT2D eigenvalue weighted by molar-refractivity contribution is 5.91. The van der Waals surface area contributed by atoms with Crippen molar-refractivity contribution >= 4 is 17.7 Å². The third-order valence-electron chi connectivity index (χ3n) is 6.32. The maximum Gasteiger partial charge on any atom is 0.321 e. The number of aliphatic carboxylic acids is 1. The number of nitrogens with zero attached hydrogens (tertiary/aromatic N) is 3. The molecule has 1 aromatic carbocycles. The van der Waals surface area contributed by atoms with E-state index in [0.717, 1.165) is 31.2 Å². The highest BCUT2D eigenvalue weighted by Crippen LogP contribution is 2.49. The molecule has 146 valence electrons. The molecule has 8 heteroatoms. The van der Waals surface area contributed by atoms with E-state index in [4.69, 9.17) is 4.52 Å². The number of rotatable bonds is 4. The predicted octanol–water partition coefficient (Wildman–Crippen LogP) is 3.33. The van der Waals surface area contributed by atoms with E-state index in [0.29, 0.717) is 36.3 Å². The van der Waals surface area contributed by atoms with Gasteiger partial charge in [-0.1, -0.05) is 23.7 Å². The van der Waals surface area contributed by atoms with Crippen LogP contribution in [0.4, 0.5) is 10.5 Å². The fourth-order valence-corrected chi connectivity index (χ4v) is 4.58. The molecule has 0 spiro atoms. The maximum atomic E-state index is 12.7. The Morgan fingerprint density at radius 2 is 2.14 bits per heavy atom. The molecule has 28 heavy (non-hydrogen) atoms. The van der Waals surface area contributed by atoms with Crippen LogP contribution < -0.4 is 5.32 Å². The van der Waals surface area contributed by atoms with Crippen LogP contribution in [0.25, 0.3) is 11.4 Å². The van der Waals surface area contributed by atoms with Gasteiger partial charge in [0.1, 0.15) is 0 Å². The van der Waals surface area contributed by atoms with Crippen molar-refractivity contribution in [3.05, 3.63) is 30.2 Å². The molecule has 0 unspecified atom stereocenters. The number of urea groups is 1. The maximum absolute atomic E-state index is 12.7. The van der Waals surface area contributed by atoms with Crippen LogP contribution in [-0.2, 0) is 4.79 Å². The molecule has 2 aromatic rings. The first-order valence-electron chi connectivity index (χ1n) is 9.78. The number of benzene rings is 1. The second-order valence-corrected chi connectivity index (χ2v) is 8.17. The number of nitrogens with one attached hydrogen (secondary N) is 1. The smallest absolute Gasteiger partial charge is 0.321 e. The summed E-state index contributed by atoms with van der Waals surface area (Å²) in [7, 11) is 0. The molecule has 2 amide bonds. The third-order valence-corrected chi connectivity index (χ3v) is 6.32. The zero-order valence-electron chi connectivity index (χ0n) is 15.4. The molecular weight excluding hydrogens is 360 g/mol. The van der Waals surface area contributed by atoms with E-state index in [1.54, 1.807) is 11.0 Å². The van der Waals surface area contributed by atoms with Crippen LogP contribution in [0.15, 0.2) is 28.8 Å². The van der Waals surface area contributed by atoms with Crippen molar-refractivity contribution in [3.63, 3.8) is 0 Å². The van der Waals surface area contributed by atoms with E-state index in [2.05, 4.69) is 15.5 Å². The van der Waals surface area contributed by atoms with Gasteiger partial charge in [0.15, 0.2) is 0 Å². The Labute approximate surface area is 161 Å². The number of carbonyl (C=O) groups is 2. The average molecular weight is 382 g/mol. The van der Waals surface area contributed by atoms with E-state index in [-0.39, 0.29) is 18.5 Å². The summed E-state index contributed by atoms with van der Waals surface area (Å²) in [5.41, 5.74) is 0.624. The Morgan fingerprint density at radius 3 is 2.89 bits per heavy atom. The number of hydrogen-bond donors (Lipinski definition) is 2. The van der Waals surface area contributed by atoms with Gasteiger partial charge in [-0.05, 0) is 43.7 Å². The number of amides is 2. The molecule has 1 aliphatic heterocycles. The van der Waals surface area contributed by atoms with Gasteiger partial charge < -0.3 is 19.8 Å². The second-order valence-electron chi connectivity index (χ2n) is 8.17. The number of anilines is 1. The Morgan fingerprint density at radius 1 is 1.29 bits per heavy atom. The summed E-state index contributed by atoms with van der Waals surface area (Å²) in [6.07, 6.45) is 4.61. The number of fused-ring (bicyclic) bond motifs is 1. The highest BCUT2D eigenvalue weighted by Gasteiger charge is 2.55. The Bertz CT molecular complexity index is 938. The van der Waals surface area contributed by atoms with Gasteiger partial charge in [-0.3, -0.25) is 4.79 Å². The number of carboxylic acid groups (broad SMARTS) is 1. The molecule has 2 atom stereocenters. The van der Waals surface area contributed by atoms with Crippen LogP contribution >= 0.6 is 0 Å². The lowest BCUT2D eigenvalue weighted by atomic mass is 9.81. The average Bonchev–Trinajstić information content (AvgIpc) is 3.11. The molecule has 1 saturated heterocycles. The van der Waals surface area contributed by atoms with Crippen molar-refractivity contribution in [1.29, 1.82) is 0 Å². The molecular formula is C20H22N4O4. The molecule has 2 heterocycles. The first kappa shape index (κ1) is 17.2. The lowest BCUT2D eigenvalue weighted by Gasteiger charge is -2.23. The minimum Gasteiger partial charge on any atom is -0.481 e. The normalized spacial score (nSPS) is 26.3. The van der Waals surface area contributed by atoms with Crippen molar-refractivity contribution in [3.8, 4) is 11.4 Å². The van der Waals surface area contributed by atoms with Gasteiger partial charge in [0, 0.05) is 30.3 Å². The van der Waals surface area contributed by atoms with E-state index >= 15 is 0 Å². The quantitative estimate of drug-likeness (QED) is 0.840. The Hall–Kier alpha value is -2.90. The molecule has 2 aliphatic carbocycles. The second kappa shape index (κ2) is 6.32. The number of likely N-dealkylation sites (tertiary alicyclic amines) is 1. The van der Waals surface area contributed by atoms with Crippen molar-refractivity contribution in [2.45, 2.75) is 38.0 Å². The number of aromatic nitrogens is 2. The molecule has 3 fully saturated rings. The van der Waals surface area contributed by atoms with Gasteiger partial charge in [0.05, 0.1) is 5.41 Å². The SMILES string of the molecule is O=C(Nc1cccc(-c2noc(C3CC3)n2)c1)N1C[C@@H]2CCC[C@@]2(C(=O)O)C1. The van der Waals surface area contributed by atoms with Crippen LogP contribution in [0.3, 0.4) is 0 Å². The minimum atomic E-state index is -0.782. The van der Waals surface area contributed by atoms with Gasteiger partial charge in [0.25, 0.3) is 0 Å². The standard InChI is InChI=1S/C20H22N4O4/c25-18(26)20-8-2-4-14(20)10-24(11-20)19(27)21-15-5-1-3-13(9-15)16-22-17(28-23-16)12-6-7-12/h1,3,5,9,12,14H,2,4,6-8,10-11H2,(H,21,27)(H,25,26)/t14-,20+/m0/s1. The molecule has 1 aromatic heterocycles. The first-order chi connectivity index (χ1) is 13.5. The van der Waals surface area contributed by atoms with Crippen LogP contribution in [0.2, 0.25) is 0 Å². The largest absolute Gasteiger partial charge is 0.481 e. The number of carbonyl (C=O) groups excluding carboxylic acids is 1. The summed E-state index contributed by atoms with van der Waals surface area (Å²) in [4.78, 5) is 30.6. The van der Waals surface area contributed by atoms with Crippen LogP contribution in [0.5, 0.6) is 0 Å². The third kappa shape index (κ3) is 2.83. The molecule has 2 N–H and O–H groups in total. The molecule has 0 bridgehead atoms. The molecule has 5 rings (SSSR count). The monoisotopic (exact) mass is 382 g/mol. The topological polar surface area (TPSA) is 109 Å². The molecule has 8 nitrogen and oxygen atoms in total. The van der Waals surface area contributed by atoms with Gasteiger partial charge in [0.2, 0.25) is 11.7 Å². The van der Waals surface area contributed by atoms with Crippen molar-refractivity contribution < 1.29 is 19.2 Å². The van der Waals surface area contributed by atoms with Crippen LogP contribution in [0.1, 0.15) is 43.9 Å².